The second-order valence-corrected chi connectivity index (χ2v) is 9.52. The minimum absolute atomic E-state index is 0.0177. The molecule has 0 amide bonds. The predicted octanol–water partition coefficient (Wildman–Crippen LogP) is -1.28. The summed E-state index contributed by atoms with van der Waals surface area (Å²) in [5.74, 6) is -3.33. The van der Waals surface area contributed by atoms with Gasteiger partial charge in [-0.05, 0) is 35.4 Å². The quantitative estimate of drug-likeness (QED) is 0.114. The van der Waals surface area contributed by atoms with Gasteiger partial charge in [0.1, 0.15) is 30.5 Å². The smallest absolute Gasteiger partial charge is 0.337 e. The fourth-order valence-electron chi connectivity index (χ4n) is 5.01. The number of hydrogen-bond donors (Lipinski definition) is 6. The molecule has 6 N–H and O–H groups in total. The Morgan fingerprint density at radius 1 is 1.02 bits per heavy atom. The van der Waals surface area contributed by atoms with Gasteiger partial charge < -0.3 is 59.1 Å². The Labute approximate surface area is 234 Å². The van der Waals surface area contributed by atoms with Crippen LogP contribution in [0.2, 0.25) is 0 Å². The second-order valence-electron chi connectivity index (χ2n) is 9.52. The lowest BCUT2D eigenvalue weighted by atomic mass is 9.82. The second kappa shape index (κ2) is 13.0. The number of phenols is 1. The minimum Gasteiger partial charge on any atom is -0.504 e. The molecule has 14 nitrogen and oxygen atoms in total. The number of hydrogen-bond acceptors (Lipinski definition) is 14. The van der Waals surface area contributed by atoms with E-state index in [0.717, 1.165) is 19.4 Å². The van der Waals surface area contributed by atoms with Gasteiger partial charge in [0.15, 0.2) is 17.8 Å². The van der Waals surface area contributed by atoms with Crippen LogP contribution in [0.5, 0.6) is 11.5 Å². The molecule has 41 heavy (non-hydrogen) atoms. The number of carbonyl (C=O) groups excluding carboxylic acids is 2. The Balaban J connectivity index is 1.56. The summed E-state index contributed by atoms with van der Waals surface area (Å²) in [6.07, 6.45) is -5.22. The van der Waals surface area contributed by atoms with Gasteiger partial charge >= 0.3 is 11.9 Å². The zero-order valence-electron chi connectivity index (χ0n) is 22.1. The van der Waals surface area contributed by atoms with Gasteiger partial charge in [0.05, 0.1) is 45.2 Å². The molecular weight excluding hydrogens is 548 g/mol. The lowest BCUT2D eigenvalue weighted by Crippen LogP contribution is -2.60. The van der Waals surface area contributed by atoms with Crippen LogP contribution in [0.15, 0.2) is 47.8 Å². The third kappa shape index (κ3) is 6.23. The molecule has 0 aromatic heterocycles. The molecule has 0 spiro atoms. The van der Waals surface area contributed by atoms with Crippen molar-refractivity contribution in [1.82, 2.24) is 0 Å². The van der Waals surface area contributed by atoms with Gasteiger partial charge in [-0.25, -0.2) is 9.59 Å². The number of rotatable bonds is 9. The lowest BCUT2D eigenvalue weighted by Gasteiger charge is -2.43. The first-order chi connectivity index (χ1) is 19.6. The van der Waals surface area contributed by atoms with Crippen molar-refractivity contribution in [3.8, 4) is 11.5 Å². The predicted molar refractivity (Wildman–Crippen MR) is 136 cm³/mol. The Kier molecular flexibility index (Phi) is 9.65. The molecule has 0 bridgehead atoms. The first-order valence-electron chi connectivity index (χ1n) is 12.6. The van der Waals surface area contributed by atoms with E-state index in [9.17, 15) is 40.2 Å². The Morgan fingerprint density at radius 2 is 1.78 bits per heavy atom. The Bertz CT molecular complexity index is 1210. The average Bonchev–Trinajstić information content (AvgIpc) is 3.35. The maximum Gasteiger partial charge on any atom is 0.337 e. The van der Waals surface area contributed by atoms with Crippen molar-refractivity contribution in [2.24, 2.45) is 11.8 Å². The van der Waals surface area contributed by atoms with E-state index in [0.29, 0.717) is 5.56 Å². The lowest BCUT2D eigenvalue weighted by molar-refractivity contribution is -0.340. The molecule has 224 valence electrons. The van der Waals surface area contributed by atoms with Crippen LogP contribution in [0.4, 0.5) is 0 Å². The van der Waals surface area contributed by atoms with E-state index in [2.05, 4.69) is 0 Å². The molecule has 1 fully saturated rings. The van der Waals surface area contributed by atoms with Gasteiger partial charge in [0.2, 0.25) is 6.29 Å². The van der Waals surface area contributed by atoms with E-state index in [1.807, 2.05) is 0 Å². The van der Waals surface area contributed by atoms with Crippen molar-refractivity contribution >= 4 is 18.0 Å². The zero-order chi connectivity index (χ0) is 29.8. The van der Waals surface area contributed by atoms with E-state index >= 15 is 0 Å². The average molecular weight is 581 g/mol. The molecule has 0 saturated carbocycles. The summed E-state index contributed by atoms with van der Waals surface area (Å²) in [4.78, 5) is 25.4. The number of aliphatic hydroxyl groups is 5. The van der Waals surface area contributed by atoms with Gasteiger partial charge in [0.25, 0.3) is 0 Å². The number of benzene rings is 1. The van der Waals surface area contributed by atoms with Gasteiger partial charge in [-0.15, -0.1) is 0 Å². The van der Waals surface area contributed by atoms with Crippen molar-refractivity contribution in [3.05, 3.63) is 53.3 Å². The van der Waals surface area contributed by atoms with Crippen molar-refractivity contribution in [3.63, 3.8) is 0 Å². The number of aliphatic hydroxyl groups excluding tert-OH is 5. The zero-order valence-corrected chi connectivity index (χ0v) is 22.1. The molecule has 3 aliphatic rings. The topological polar surface area (TPSA) is 211 Å². The summed E-state index contributed by atoms with van der Waals surface area (Å²) in [6, 6.07) is 4.45. The number of esters is 2. The first kappa shape index (κ1) is 30.5. The molecule has 2 aliphatic heterocycles. The molecule has 14 heteroatoms. The van der Waals surface area contributed by atoms with E-state index < -0.39 is 80.1 Å². The monoisotopic (exact) mass is 580 g/mol. The largest absolute Gasteiger partial charge is 0.504 e. The maximum atomic E-state index is 12.8. The van der Waals surface area contributed by atoms with Crippen LogP contribution >= 0.6 is 0 Å². The fourth-order valence-corrected chi connectivity index (χ4v) is 5.01. The van der Waals surface area contributed by atoms with E-state index in [-0.39, 0.29) is 22.6 Å². The highest BCUT2D eigenvalue weighted by Gasteiger charge is 2.53. The van der Waals surface area contributed by atoms with Crippen molar-refractivity contribution in [1.29, 1.82) is 0 Å². The van der Waals surface area contributed by atoms with E-state index in [4.69, 9.17) is 28.4 Å². The van der Waals surface area contributed by atoms with Crippen LogP contribution in [0.3, 0.4) is 0 Å². The third-order valence-corrected chi connectivity index (χ3v) is 7.12. The van der Waals surface area contributed by atoms with Crippen LogP contribution in [0, 0.1) is 11.8 Å². The summed E-state index contributed by atoms with van der Waals surface area (Å²) >= 11 is 0. The van der Waals surface area contributed by atoms with Gasteiger partial charge in [0, 0.05) is 12.0 Å². The van der Waals surface area contributed by atoms with Crippen molar-refractivity contribution in [2.75, 3.05) is 27.4 Å². The molecule has 1 aliphatic carbocycles. The fraction of sp³-hybridized carbons (Fsp3) is 0.481. The summed E-state index contributed by atoms with van der Waals surface area (Å²) in [6.45, 7) is -1.22. The van der Waals surface area contributed by atoms with Crippen molar-refractivity contribution < 1.29 is 68.6 Å². The van der Waals surface area contributed by atoms with Crippen LogP contribution in [0.1, 0.15) is 5.56 Å². The molecule has 2 heterocycles. The number of ether oxygens (including phenoxy) is 6. The first-order valence-corrected chi connectivity index (χ1v) is 12.6. The minimum atomic E-state index is -1.74. The molecule has 9 atom stereocenters. The molecule has 1 aromatic rings. The number of fused-ring (bicyclic) bond motifs is 1. The third-order valence-electron chi connectivity index (χ3n) is 7.12. The normalized spacial score (nSPS) is 32.9. The summed E-state index contributed by atoms with van der Waals surface area (Å²) in [7, 11) is 2.53. The van der Waals surface area contributed by atoms with Crippen LogP contribution in [0.25, 0.3) is 6.08 Å². The van der Waals surface area contributed by atoms with Gasteiger partial charge in [-0.2, -0.15) is 0 Å². The Morgan fingerprint density at radius 3 is 2.44 bits per heavy atom. The van der Waals surface area contributed by atoms with E-state index in [1.165, 1.54) is 31.4 Å². The number of carbonyl (C=O) groups is 2. The number of methoxy groups -OCH3 is 2. The highest BCUT2D eigenvalue weighted by atomic mass is 16.8. The van der Waals surface area contributed by atoms with Crippen LogP contribution in [-0.4, -0.2) is 113 Å². The number of aromatic hydroxyl groups is 1. The number of phenolic OH excluding ortho intramolecular Hbond substituents is 1. The van der Waals surface area contributed by atoms with Gasteiger partial charge in [-0.1, -0.05) is 6.07 Å². The summed E-state index contributed by atoms with van der Waals surface area (Å²) < 4.78 is 32.3. The SMILES string of the molecule is COC(=O)C1=CO[C@@H](O[C@@H]2O[C@H](CO)[C@@H](O)[C@H](O)[C@H]2O)[C@@H]2C(CO)=C[C@H](OC(=O)/C=C/c3ccc(O)c(OC)c3)[C@H]12. The molecule has 0 unspecified atom stereocenters. The van der Waals surface area contributed by atoms with E-state index in [1.54, 1.807) is 6.07 Å². The molecule has 1 aromatic carbocycles. The molecule has 0 radical (unpaired) electrons. The summed E-state index contributed by atoms with van der Waals surface area (Å²) in [5, 5.41) is 59.9. The maximum absolute atomic E-state index is 12.8. The van der Waals surface area contributed by atoms with Crippen LogP contribution < -0.4 is 4.74 Å². The highest BCUT2D eigenvalue weighted by molar-refractivity contribution is 5.90. The Hall–Kier alpha value is -3.50. The van der Waals surface area contributed by atoms with Gasteiger partial charge in [-0.3, -0.25) is 0 Å². The molecule has 1 saturated heterocycles. The summed E-state index contributed by atoms with van der Waals surface area (Å²) in [5.41, 5.74) is 0.793. The molecular formula is C27H32O14. The van der Waals surface area contributed by atoms with Crippen molar-refractivity contribution in [2.45, 2.75) is 43.1 Å². The van der Waals surface area contributed by atoms with Crippen LogP contribution in [-0.2, 0) is 33.3 Å². The standard InChI is InChI=1S/C27H32O14/c1-36-16-7-12(3-5-15(16)30)4-6-19(31)39-17-8-13(9-28)20-21(17)14(25(35)37-2)11-38-26(20)41-27-24(34)23(33)22(32)18(10-29)40-27/h3-8,11,17-18,20-24,26-30,32-34H,9-10H2,1-2H3/b6-4+/t17-,18+,20+,21-,22+,23-,24+,26-,27-/m0/s1. The molecule has 4 rings (SSSR count). The highest BCUT2D eigenvalue weighted by Crippen LogP contribution is 2.45.